The average Bonchev–Trinajstić information content (AvgIpc) is 2.34. The van der Waals surface area contributed by atoms with Gasteiger partial charge in [0.05, 0.1) is 6.10 Å². The molecule has 0 aliphatic carbocycles. The van der Waals surface area contributed by atoms with Crippen molar-refractivity contribution in [3.05, 3.63) is 19.1 Å². The molecule has 0 aromatic rings. The zero-order valence-electron chi connectivity index (χ0n) is 6.72. The van der Waals surface area contributed by atoms with E-state index in [1.807, 2.05) is 5.92 Å². The van der Waals surface area contributed by atoms with Crippen molar-refractivity contribution in [2.45, 2.75) is 24.4 Å². The van der Waals surface area contributed by atoms with Crippen molar-refractivity contribution in [3.63, 3.8) is 0 Å². The van der Waals surface area contributed by atoms with Crippen LogP contribution in [0.2, 0.25) is 0 Å². The molecule has 1 heterocycles. The van der Waals surface area contributed by atoms with E-state index in [1.165, 1.54) is 12.2 Å². The molecule has 2 radical (unpaired) electrons. The number of allylic oxidation sites excluding steroid dienone is 1. The summed E-state index contributed by atoms with van der Waals surface area (Å²) in [5.74, 6) is 2.01. The van der Waals surface area contributed by atoms with Crippen molar-refractivity contribution in [1.29, 1.82) is 0 Å². The Morgan fingerprint density at radius 1 is 1.38 bits per heavy atom. The molecule has 4 atom stereocenters. The molecule has 1 saturated heterocycles. The normalized spacial score (nSPS) is 39.1. The molecule has 1 unspecified atom stereocenters. The molecule has 0 bridgehead atoms. The summed E-state index contributed by atoms with van der Waals surface area (Å²) in [5, 5.41) is 18.4. The SMILES string of the molecule is [CH][C@@H]1O[C@H](/C=C/C#CF)[C@H](O)C1O. The highest BCUT2D eigenvalue weighted by Crippen LogP contribution is 2.21. The highest BCUT2D eigenvalue weighted by Gasteiger charge is 2.38. The first-order valence-electron chi connectivity index (χ1n) is 3.72. The lowest BCUT2D eigenvalue weighted by Gasteiger charge is -2.09. The quantitative estimate of drug-likeness (QED) is 0.549. The van der Waals surface area contributed by atoms with Crippen LogP contribution in [0.4, 0.5) is 4.39 Å². The van der Waals surface area contributed by atoms with Gasteiger partial charge in [-0.1, -0.05) is 0 Å². The van der Waals surface area contributed by atoms with Crippen molar-refractivity contribution < 1.29 is 19.3 Å². The number of aliphatic hydroxyl groups is 2. The standard InChI is InChI=1S/C9H9FO3/c1-6-8(11)9(12)7(13-6)4-2-3-5-10/h1-2,4,6-9,11-12H/b4-2+/t6-,7+,8?,9-/m0/s1. The lowest BCUT2D eigenvalue weighted by atomic mass is 10.1. The second kappa shape index (κ2) is 4.38. The van der Waals surface area contributed by atoms with Crippen LogP contribution in [-0.4, -0.2) is 34.6 Å². The maximum Gasteiger partial charge on any atom is 0.112 e. The van der Waals surface area contributed by atoms with Gasteiger partial charge in [0.15, 0.2) is 0 Å². The highest BCUT2D eigenvalue weighted by atomic mass is 19.1. The Kier molecular flexibility index (Phi) is 3.43. The first-order valence-corrected chi connectivity index (χ1v) is 3.72. The van der Waals surface area contributed by atoms with Crippen LogP contribution in [0.25, 0.3) is 0 Å². The van der Waals surface area contributed by atoms with Crippen LogP contribution in [0.15, 0.2) is 12.2 Å². The summed E-state index contributed by atoms with van der Waals surface area (Å²) in [5.41, 5.74) is 0. The third-order valence-corrected chi connectivity index (χ3v) is 1.76. The third-order valence-electron chi connectivity index (χ3n) is 1.76. The molecule has 1 aliphatic heterocycles. The summed E-state index contributed by atoms with van der Waals surface area (Å²) >= 11 is 0. The Balaban J connectivity index is 2.56. The molecule has 0 spiro atoms. The number of hydrogen-bond donors (Lipinski definition) is 2. The lowest BCUT2D eigenvalue weighted by molar-refractivity contribution is 0.0391. The molecule has 13 heavy (non-hydrogen) atoms. The van der Waals surface area contributed by atoms with Gasteiger partial charge in [-0.05, 0) is 25.0 Å². The predicted octanol–water partition coefficient (Wildman–Crippen LogP) is -0.327. The Hall–Kier alpha value is -0.890. The molecule has 1 fully saturated rings. The summed E-state index contributed by atoms with van der Waals surface area (Å²) in [6, 6.07) is 0. The molecule has 70 valence electrons. The first kappa shape index (κ1) is 10.2. The van der Waals surface area contributed by atoms with Crippen LogP contribution in [0.5, 0.6) is 0 Å². The zero-order chi connectivity index (χ0) is 9.84. The summed E-state index contributed by atoms with van der Waals surface area (Å²) in [6.07, 6.45) is -0.157. The van der Waals surface area contributed by atoms with Crippen LogP contribution in [0, 0.1) is 19.0 Å². The number of halogens is 1. The van der Waals surface area contributed by atoms with E-state index < -0.39 is 24.4 Å². The summed E-state index contributed by atoms with van der Waals surface area (Å²) < 4.78 is 16.3. The maximum absolute atomic E-state index is 11.3. The number of rotatable bonds is 1. The number of hydrogen-bond acceptors (Lipinski definition) is 3. The Morgan fingerprint density at radius 2 is 2.08 bits per heavy atom. The van der Waals surface area contributed by atoms with Crippen LogP contribution >= 0.6 is 0 Å². The van der Waals surface area contributed by atoms with E-state index in [9.17, 15) is 9.50 Å². The van der Waals surface area contributed by atoms with Crippen molar-refractivity contribution in [3.8, 4) is 12.1 Å². The van der Waals surface area contributed by atoms with Gasteiger partial charge in [-0.15, -0.1) is 4.39 Å². The minimum Gasteiger partial charge on any atom is -0.388 e. The van der Waals surface area contributed by atoms with Gasteiger partial charge >= 0.3 is 0 Å². The highest BCUT2D eigenvalue weighted by molar-refractivity contribution is 5.15. The third kappa shape index (κ3) is 2.28. The van der Waals surface area contributed by atoms with Gasteiger partial charge in [-0.2, -0.15) is 0 Å². The fraction of sp³-hybridized carbons (Fsp3) is 0.444. The molecule has 0 aromatic heterocycles. The molecule has 1 rings (SSSR count). The van der Waals surface area contributed by atoms with Gasteiger partial charge in [0.1, 0.15) is 24.5 Å². The van der Waals surface area contributed by atoms with E-state index in [4.69, 9.17) is 16.8 Å². The molecule has 0 aromatic carbocycles. The van der Waals surface area contributed by atoms with Crippen LogP contribution in [0.1, 0.15) is 0 Å². The van der Waals surface area contributed by atoms with Crippen LogP contribution < -0.4 is 0 Å². The molecule has 4 heteroatoms. The number of aliphatic hydroxyl groups excluding tert-OH is 2. The van der Waals surface area contributed by atoms with E-state index in [-0.39, 0.29) is 0 Å². The fourth-order valence-electron chi connectivity index (χ4n) is 1.06. The van der Waals surface area contributed by atoms with Crippen molar-refractivity contribution in [2.75, 3.05) is 0 Å². The Bertz CT molecular complexity index is 253. The van der Waals surface area contributed by atoms with Crippen LogP contribution in [-0.2, 0) is 4.74 Å². The van der Waals surface area contributed by atoms with E-state index >= 15 is 0 Å². The van der Waals surface area contributed by atoms with E-state index in [1.54, 1.807) is 0 Å². The molecule has 2 N–H and O–H groups in total. The van der Waals surface area contributed by atoms with E-state index in [0.717, 1.165) is 6.17 Å². The van der Waals surface area contributed by atoms with Gasteiger partial charge in [0, 0.05) is 0 Å². The minimum absolute atomic E-state index is 0.731. The summed E-state index contributed by atoms with van der Waals surface area (Å²) in [4.78, 5) is 0. The molecule has 0 amide bonds. The molecule has 0 saturated carbocycles. The lowest BCUT2D eigenvalue weighted by Crippen LogP contribution is -2.30. The van der Waals surface area contributed by atoms with E-state index in [0.29, 0.717) is 0 Å². The molecular formula is C9H9FO3. The van der Waals surface area contributed by atoms with Crippen molar-refractivity contribution in [2.24, 2.45) is 0 Å². The van der Waals surface area contributed by atoms with Gasteiger partial charge in [0.25, 0.3) is 0 Å². The first-order chi connectivity index (χ1) is 6.16. The average molecular weight is 184 g/mol. The Morgan fingerprint density at radius 3 is 2.54 bits per heavy atom. The van der Waals surface area contributed by atoms with Gasteiger partial charge < -0.3 is 14.9 Å². The second-order valence-electron chi connectivity index (χ2n) is 2.64. The summed E-state index contributed by atoms with van der Waals surface area (Å²) in [6.45, 7) is 5.29. The predicted molar refractivity (Wildman–Crippen MR) is 43.0 cm³/mol. The van der Waals surface area contributed by atoms with Crippen molar-refractivity contribution in [1.82, 2.24) is 0 Å². The van der Waals surface area contributed by atoms with Gasteiger partial charge in [0.2, 0.25) is 0 Å². The van der Waals surface area contributed by atoms with Crippen LogP contribution in [0.3, 0.4) is 0 Å². The second-order valence-corrected chi connectivity index (χ2v) is 2.64. The van der Waals surface area contributed by atoms with E-state index in [2.05, 4.69) is 0 Å². The largest absolute Gasteiger partial charge is 0.388 e. The molecular weight excluding hydrogens is 175 g/mol. The zero-order valence-corrected chi connectivity index (χ0v) is 6.72. The molecule has 1 aliphatic rings. The number of ether oxygens (including phenoxy) is 1. The smallest absolute Gasteiger partial charge is 0.112 e. The van der Waals surface area contributed by atoms with Crippen molar-refractivity contribution >= 4 is 0 Å². The molecule has 3 nitrogen and oxygen atoms in total. The minimum atomic E-state index is -1.12. The monoisotopic (exact) mass is 184 g/mol. The summed E-state index contributed by atoms with van der Waals surface area (Å²) in [7, 11) is 0. The fourth-order valence-corrected chi connectivity index (χ4v) is 1.06. The van der Waals surface area contributed by atoms with Gasteiger partial charge in [-0.25, -0.2) is 0 Å². The maximum atomic E-state index is 11.3. The Labute approximate surface area is 75.8 Å². The topological polar surface area (TPSA) is 49.7 Å². The van der Waals surface area contributed by atoms with Gasteiger partial charge in [-0.3, -0.25) is 0 Å².